The fourth-order valence-corrected chi connectivity index (χ4v) is 1.88. The largest absolute Gasteiger partial charge is 0.396 e. The van der Waals surface area contributed by atoms with Crippen LogP contribution >= 0.6 is 0 Å². The molecule has 0 aromatic carbocycles. The predicted octanol–water partition coefficient (Wildman–Crippen LogP) is 0.322. The lowest BCUT2D eigenvalue weighted by Gasteiger charge is -2.05. The molecule has 0 unspecified atom stereocenters. The van der Waals surface area contributed by atoms with Crippen molar-refractivity contribution in [2.24, 2.45) is 7.05 Å². The lowest BCUT2D eigenvalue weighted by atomic mass is 10.1. The minimum Gasteiger partial charge on any atom is -0.396 e. The van der Waals surface area contributed by atoms with Gasteiger partial charge in [0.25, 0.3) is 5.56 Å². The van der Waals surface area contributed by atoms with Crippen molar-refractivity contribution in [1.82, 2.24) is 19.7 Å². The van der Waals surface area contributed by atoms with Gasteiger partial charge in [-0.1, -0.05) is 0 Å². The highest BCUT2D eigenvalue weighted by molar-refractivity contribution is 5.57. The number of nitrogens with one attached hydrogen (secondary N) is 1. The molecule has 0 bridgehead atoms. The average Bonchev–Trinajstić information content (AvgIpc) is 2.65. The molecule has 0 atom stereocenters. The number of aromatic amines is 1. The van der Waals surface area contributed by atoms with Crippen LogP contribution in [-0.4, -0.2) is 31.5 Å². The summed E-state index contributed by atoms with van der Waals surface area (Å²) in [4.78, 5) is 19.0. The van der Waals surface area contributed by atoms with Gasteiger partial charge in [0.05, 0.1) is 11.8 Å². The van der Waals surface area contributed by atoms with Gasteiger partial charge in [0.1, 0.15) is 5.82 Å². The van der Waals surface area contributed by atoms with Gasteiger partial charge in [-0.05, 0) is 13.8 Å². The fourth-order valence-electron chi connectivity index (χ4n) is 1.88. The van der Waals surface area contributed by atoms with E-state index in [9.17, 15) is 4.79 Å². The summed E-state index contributed by atoms with van der Waals surface area (Å²) >= 11 is 0. The number of rotatable bonds is 3. The molecular weight excluding hydrogens is 232 g/mol. The molecule has 0 fully saturated rings. The third-order valence-electron chi connectivity index (χ3n) is 3.07. The Kier molecular flexibility index (Phi) is 3.29. The summed E-state index contributed by atoms with van der Waals surface area (Å²) in [6.45, 7) is 3.63. The van der Waals surface area contributed by atoms with E-state index in [1.807, 2.05) is 14.0 Å². The van der Waals surface area contributed by atoms with Crippen LogP contribution in [0.1, 0.15) is 17.0 Å². The number of hydrogen-bond acceptors (Lipinski definition) is 4. The molecule has 0 aliphatic heterocycles. The van der Waals surface area contributed by atoms with Crippen molar-refractivity contribution in [3.8, 4) is 11.4 Å². The van der Waals surface area contributed by atoms with E-state index in [1.54, 1.807) is 17.8 Å². The van der Waals surface area contributed by atoms with E-state index in [2.05, 4.69) is 15.1 Å². The zero-order valence-electron chi connectivity index (χ0n) is 10.7. The second-order valence-electron chi connectivity index (χ2n) is 4.22. The van der Waals surface area contributed by atoms with Gasteiger partial charge in [0, 0.05) is 37.0 Å². The van der Waals surface area contributed by atoms with Crippen molar-refractivity contribution in [3.63, 3.8) is 0 Å². The van der Waals surface area contributed by atoms with Crippen LogP contribution in [0.25, 0.3) is 11.4 Å². The smallest absolute Gasteiger partial charge is 0.254 e. The molecule has 0 aliphatic rings. The predicted molar refractivity (Wildman–Crippen MR) is 67.3 cm³/mol. The molecule has 2 aromatic heterocycles. The molecule has 0 aliphatic carbocycles. The molecule has 0 saturated carbocycles. The van der Waals surface area contributed by atoms with Gasteiger partial charge in [0.2, 0.25) is 0 Å². The van der Waals surface area contributed by atoms with Gasteiger partial charge < -0.3 is 10.1 Å². The van der Waals surface area contributed by atoms with Crippen LogP contribution in [0.3, 0.4) is 0 Å². The lowest BCUT2D eigenvalue weighted by Crippen LogP contribution is -2.18. The highest BCUT2D eigenvalue weighted by Gasteiger charge is 2.12. The van der Waals surface area contributed by atoms with Crippen LogP contribution in [-0.2, 0) is 13.5 Å². The van der Waals surface area contributed by atoms with E-state index in [0.717, 1.165) is 11.3 Å². The summed E-state index contributed by atoms with van der Waals surface area (Å²) in [6.07, 6.45) is 2.00. The minimum absolute atomic E-state index is 0.0587. The zero-order valence-corrected chi connectivity index (χ0v) is 10.7. The number of aliphatic hydroxyl groups excluding tert-OH is 1. The van der Waals surface area contributed by atoms with Gasteiger partial charge >= 0.3 is 0 Å². The van der Waals surface area contributed by atoms with E-state index >= 15 is 0 Å². The van der Waals surface area contributed by atoms with Gasteiger partial charge in [-0.3, -0.25) is 9.48 Å². The number of nitrogens with zero attached hydrogens (tertiary/aromatic N) is 3. The summed E-state index contributed by atoms with van der Waals surface area (Å²) in [7, 11) is 1.84. The molecular formula is C12H16N4O2. The van der Waals surface area contributed by atoms with Crippen LogP contribution in [0.5, 0.6) is 0 Å². The fraction of sp³-hybridized carbons (Fsp3) is 0.417. The maximum Gasteiger partial charge on any atom is 0.254 e. The van der Waals surface area contributed by atoms with Crippen LogP contribution < -0.4 is 5.56 Å². The molecule has 0 radical (unpaired) electrons. The van der Waals surface area contributed by atoms with Crippen LogP contribution in [0.4, 0.5) is 0 Å². The Morgan fingerprint density at radius 3 is 2.67 bits per heavy atom. The number of aryl methyl sites for hydroxylation is 2. The normalized spacial score (nSPS) is 10.9. The summed E-state index contributed by atoms with van der Waals surface area (Å²) in [6, 6.07) is 0. The first-order chi connectivity index (χ1) is 8.54. The molecule has 6 heteroatoms. The first-order valence-electron chi connectivity index (χ1n) is 5.74. The third-order valence-corrected chi connectivity index (χ3v) is 3.07. The monoisotopic (exact) mass is 248 g/mol. The molecule has 2 aromatic rings. The summed E-state index contributed by atoms with van der Waals surface area (Å²) in [5.41, 5.74) is 2.73. The van der Waals surface area contributed by atoms with Crippen LogP contribution in [0, 0.1) is 13.8 Å². The first-order valence-corrected chi connectivity index (χ1v) is 5.74. The summed E-state index contributed by atoms with van der Waals surface area (Å²) in [5, 5.41) is 13.0. The van der Waals surface area contributed by atoms with Gasteiger partial charge in [-0.15, -0.1) is 0 Å². The third kappa shape index (κ3) is 2.06. The minimum atomic E-state index is -0.199. The second kappa shape index (κ2) is 4.73. The molecule has 6 nitrogen and oxygen atoms in total. The van der Waals surface area contributed by atoms with Gasteiger partial charge in [-0.2, -0.15) is 5.10 Å². The standard InChI is InChI=1S/C12H16N4O2/c1-7-9(4-5-17)12(18)15-11(14-7)10-6-13-16(3)8(10)2/h6,17H,4-5H2,1-3H3,(H,14,15,18). The SMILES string of the molecule is Cc1nc(-c2cnn(C)c2C)[nH]c(=O)c1CCO. The Labute approximate surface area is 104 Å². The highest BCUT2D eigenvalue weighted by atomic mass is 16.3. The molecule has 2 N–H and O–H groups in total. The van der Waals surface area contributed by atoms with Crippen LogP contribution in [0.15, 0.2) is 11.0 Å². The topological polar surface area (TPSA) is 83.8 Å². The van der Waals surface area contributed by atoms with Gasteiger partial charge in [-0.25, -0.2) is 4.98 Å². The van der Waals surface area contributed by atoms with Crippen molar-refractivity contribution in [1.29, 1.82) is 0 Å². The maximum atomic E-state index is 11.9. The van der Waals surface area contributed by atoms with E-state index in [-0.39, 0.29) is 12.2 Å². The Morgan fingerprint density at radius 2 is 2.17 bits per heavy atom. The molecule has 96 valence electrons. The number of hydrogen-bond donors (Lipinski definition) is 2. The van der Waals surface area contributed by atoms with Crippen molar-refractivity contribution < 1.29 is 5.11 Å². The van der Waals surface area contributed by atoms with Crippen LogP contribution in [0.2, 0.25) is 0 Å². The highest BCUT2D eigenvalue weighted by Crippen LogP contribution is 2.18. The molecule has 0 spiro atoms. The summed E-state index contributed by atoms with van der Waals surface area (Å²) in [5.74, 6) is 0.518. The van der Waals surface area contributed by atoms with E-state index in [4.69, 9.17) is 5.11 Å². The first kappa shape index (κ1) is 12.5. The van der Waals surface area contributed by atoms with Crippen molar-refractivity contribution in [3.05, 3.63) is 33.5 Å². The number of aliphatic hydroxyl groups is 1. The summed E-state index contributed by atoms with van der Waals surface area (Å²) < 4.78 is 1.73. The average molecular weight is 248 g/mol. The Morgan fingerprint density at radius 1 is 1.44 bits per heavy atom. The Balaban J connectivity index is 2.55. The van der Waals surface area contributed by atoms with Crippen molar-refractivity contribution in [2.75, 3.05) is 6.61 Å². The van der Waals surface area contributed by atoms with E-state index < -0.39 is 0 Å². The molecule has 0 amide bonds. The van der Waals surface area contributed by atoms with E-state index in [0.29, 0.717) is 23.5 Å². The van der Waals surface area contributed by atoms with Gasteiger partial charge in [0.15, 0.2) is 0 Å². The molecule has 2 heterocycles. The van der Waals surface area contributed by atoms with Crippen molar-refractivity contribution >= 4 is 0 Å². The maximum absolute atomic E-state index is 11.9. The second-order valence-corrected chi connectivity index (χ2v) is 4.22. The van der Waals surface area contributed by atoms with Crippen molar-refractivity contribution in [2.45, 2.75) is 20.3 Å². The Bertz CT molecular complexity index is 627. The quantitative estimate of drug-likeness (QED) is 0.819. The number of H-pyrrole nitrogens is 1. The Hall–Kier alpha value is -1.95. The molecule has 0 saturated heterocycles. The van der Waals surface area contributed by atoms with E-state index in [1.165, 1.54) is 0 Å². The molecule has 18 heavy (non-hydrogen) atoms. The molecule has 2 rings (SSSR count). The lowest BCUT2D eigenvalue weighted by molar-refractivity contribution is 0.298. The zero-order chi connectivity index (χ0) is 13.3. The number of aromatic nitrogens is 4.